The minimum Gasteiger partial charge on any atom is -0.352 e. The average Bonchev–Trinajstić information content (AvgIpc) is 2.67. The molecule has 0 aromatic heterocycles. The first-order chi connectivity index (χ1) is 9.66. The van der Waals surface area contributed by atoms with Gasteiger partial charge in [-0.1, -0.05) is 38.5 Å². The molecule has 116 valence electrons. The predicted octanol–water partition coefficient (Wildman–Crippen LogP) is 2.03. The molecular formula is C16H31N3O. The van der Waals surface area contributed by atoms with Crippen molar-refractivity contribution in [3.63, 3.8) is 0 Å². The van der Waals surface area contributed by atoms with Crippen LogP contribution in [0.15, 0.2) is 0 Å². The van der Waals surface area contributed by atoms with Crippen LogP contribution < -0.4 is 11.1 Å². The molecule has 0 saturated heterocycles. The van der Waals surface area contributed by atoms with Crippen LogP contribution in [0.2, 0.25) is 0 Å². The van der Waals surface area contributed by atoms with Crippen molar-refractivity contribution in [3.8, 4) is 0 Å². The molecule has 0 heterocycles. The standard InChI is InChI=1S/C16H31N3O/c1-19(15-11-7-6-10-14(15)17)12-16(20)18-13-8-4-2-3-5-9-13/h13-15H,2-12,17H2,1H3,(H,18,20). The van der Waals surface area contributed by atoms with Crippen LogP contribution in [0, 0.1) is 0 Å². The lowest BCUT2D eigenvalue weighted by Crippen LogP contribution is -2.51. The number of carbonyl (C=O) groups is 1. The van der Waals surface area contributed by atoms with Gasteiger partial charge in [0, 0.05) is 18.1 Å². The van der Waals surface area contributed by atoms with E-state index in [2.05, 4.69) is 10.2 Å². The van der Waals surface area contributed by atoms with Gasteiger partial charge >= 0.3 is 0 Å². The molecule has 20 heavy (non-hydrogen) atoms. The van der Waals surface area contributed by atoms with Crippen molar-refractivity contribution in [3.05, 3.63) is 0 Å². The van der Waals surface area contributed by atoms with Crippen LogP contribution in [0.4, 0.5) is 0 Å². The highest BCUT2D eigenvalue weighted by Gasteiger charge is 2.26. The van der Waals surface area contributed by atoms with Crippen LogP contribution in [-0.4, -0.2) is 42.5 Å². The van der Waals surface area contributed by atoms with E-state index in [-0.39, 0.29) is 11.9 Å². The Balaban J connectivity index is 1.75. The van der Waals surface area contributed by atoms with E-state index in [9.17, 15) is 4.79 Å². The molecule has 0 spiro atoms. The molecule has 1 amide bonds. The van der Waals surface area contributed by atoms with Crippen LogP contribution in [-0.2, 0) is 4.79 Å². The van der Waals surface area contributed by atoms with Crippen molar-refractivity contribution in [2.24, 2.45) is 5.73 Å². The number of nitrogens with one attached hydrogen (secondary N) is 1. The third-order valence-corrected chi connectivity index (χ3v) is 4.96. The molecule has 2 unspecified atom stereocenters. The van der Waals surface area contributed by atoms with E-state index in [1.165, 1.54) is 38.5 Å². The lowest BCUT2D eigenvalue weighted by atomic mass is 9.90. The zero-order chi connectivity index (χ0) is 14.4. The summed E-state index contributed by atoms with van der Waals surface area (Å²) in [6.45, 7) is 0.495. The summed E-state index contributed by atoms with van der Waals surface area (Å²) in [7, 11) is 2.04. The Morgan fingerprint density at radius 3 is 2.30 bits per heavy atom. The lowest BCUT2D eigenvalue weighted by Gasteiger charge is -2.35. The van der Waals surface area contributed by atoms with Crippen LogP contribution in [0.3, 0.4) is 0 Å². The Morgan fingerprint density at radius 1 is 1.05 bits per heavy atom. The van der Waals surface area contributed by atoms with Crippen molar-refractivity contribution in [2.75, 3.05) is 13.6 Å². The molecule has 0 bridgehead atoms. The molecule has 2 atom stereocenters. The Morgan fingerprint density at radius 2 is 1.65 bits per heavy atom. The number of likely N-dealkylation sites (N-methyl/N-ethyl adjacent to an activating group) is 1. The molecule has 2 aliphatic rings. The fourth-order valence-corrected chi connectivity index (χ4v) is 3.73. The molecule has 3 N–H and O–H groups in total. The number of hydrogen-bond acceptors (Lipinski definition) is 3. The van der Waals surface area contributed by atoms with Gasteiger partial charge in [0.15, 0.2) is 0 Å². The van der Waals surface area contributed by atoms with Gasteiger partial charge in [-0.05, 0) is 32.7 Å². The maximum absolute atomic E-state index is 12.2. The van der Waals surface area contributed by atoms with Gasteiger partial charge in [-0.2, -0.15) is 0 Å². The zero-order valence-electron chi connectivity index (χ0n) is 12.9. The molecule has 0 aromatic rings. The summed E-state index contributed by atoms with van der Waals surface area (Å²) in [5, 5.41) is 3.22. The highest BCUT2D eigenvalue weighted by molar-refractivity contribution is 5.78. The molecule has 4 heteroatoms. The van der Waals surface area contributed by atoms with Crippen LogP contribution in [0.1, 0.15) is 64.2 Å². The molecule has 0 aliphatic heterocycles. The summed E-state index contributed by atoms with van der Waals surface area (Å²) >= 11 is 0. The molecule has 2 aliphatic carbocycles. The van der Waals surface area contributed by atoms with Crippen molar-refractivity contribution < 1.29 is 4.79 Å². The summed E-state index contributed by atoms with van der Waals surface area (Å²) in [6.07, 6.45) is 12.2. The van der Waals surface area contributed by atoms with Gasteiger partial charge in [-0.15, -0.1) is 0 Å². The van der Waals surface area contributed by atoms with Crippen molar-refractivity contribution >= 4 is 5.91 Å². The number of hydrogen-bond donors (Lipinski definition) is 2. The second kappa shape index (κ2) is 7.99. The summed E-state index contributed by atoms with van der Waals surface area (Å²) in [5.41, 5.74) is 6.19. The molecule has 2 rings (SSSR count). The van der Waals surface area contributed by atoms with Crippen LogP contribution in [0.25, 0.3) is 0 Å². The minimum absolute atomic E-state index is 0.178. The third kappa shape index (κ3) is 4.74. The molecule has 2 fully saturated rings. The number of rotatable bonds is 4. The highest BCUT2D eigenvalue weighted by Crippen LogP contribution is 2.21. The van der Waals surface area contributed by atoms with Crippen LogP contribution >= 0.6 is 0 Å². The van der Waals surface area contributed by atoms with E-state index in [1.54, 1.807) is 0 Å². The van der Waals surface area contributed by atoms with E-state index in [4.69, 9.17) is 5.73 Å². The van der Waals surface area contributed by atoms with E-state index >= 15 is 0 Å². The molecule has 4 nitrogen and oxygen atoms in total. The molecule has 0 radical (unpaired) electrons. The first-order valence-electron chi connectivity index (χ1n) is 8.42. The normalized spacial score (nSPS) is 29.1. The van der Waals surface area contributed by atoms with E-state index in [0.717, 1.165) is 25.7 Å². The number of nitrogens with zero attached hydrogens (tertiary/aromatic N) is 1. The van der Waals surface area contributed by atoms with Gasteiger partial charge in [0.1, 0.15) is 0 Å². The molecule has 0 aromatic carbocycles. The zero-order valence-corrected chi connectivity index (χ0v) is 12.9. The van der Waals surface area contributed by atoms with Crippen molar-refractivity contribution in [1.82, 2.24) is 10.2 Å². The summed E-state index contributed by atoms with van der Waals surface area (Å²) < 4.78 is 0. The van der Waals surface area contributed by atoms with Gasteiger partial charge in [0.05, 0.1) is 6.54 Å². The number of carbonyl (C=O) groups excluding carboxylic acids is 1. The first kappa shape index (κ1) is 15.8. The Kier molecular flexibility index (Phi) is 6.30. The number of amides is 1. The maximum Gasteiger partial charge on any atom is 0.234 e. The molecule has 2 saturated carbocycles. The maximum atomic E-state index is 12.2. The second-order valence-corrected chi connectivity index (χ2v) is 6.69. The minimum atomic E-state index is 0.178. The second-order valence-electron chi connectivity index (χ2n) is 6.69. The Hall–Kier alpha value is -0.610. The van der Waals surface area contributed by atoms with Gasteiger partial charge in [-0.25, -0.2) is 0 Å². The lowest BCUT2D eigenvalue weighted by molar-refractivity contribution is -0.123. The fourth-order valence-electron chi connectivity index (χ4n) is 3.73. The largest absolute Gasteiger partial charge is 0.352 e. The quantitative estimate of drug-likeness (QED) is 0.775. The summed E-state index contributed by atoms with van der Waals surface area (Å²) in [4.78, 5) is 14.4. The van der Waals surface area contributed by atoms with Gasteiger partial charge in [-0.3, -0.25) is 9.69 Å². The SMILES string of the molecule is CN(CC(=O)NC1CCCCCC1)C1CCCCC1N. The average molecular weight is 281 g/mol. The topological polar surface area (TPSA) is 58.4 Å². The smallest absolute Gasteiger partial charge is 0.234 e. The van der Waals surface area contributed by atoms with Crippen molar-refractivity contribution in [1.29, 1.82) is 0 Å². The van der Waals surface area contributed by atoms with Gasteiger partial charge in [0.25, 0.3) is 0 Å². The first-order valence-corrected chi connectivity index (χ1v) is 8.42. The highest BCUT2D eigenvalue weighted by atomic mass is 16.2. The monoisotopic (exact) mass is 281 g/mol. The fraction of sp³-hybridized carbons (Fsp3) is 0.938. The Labute approximate surface area is 123 Å². The predicted molar refractivity (Wildman–Crippen MR) is 82.5 cm³/mol. The van der Waals surface area contributed by atoms with E-state index < -0.39 is 0 Å². The third-order valence-electron chi connectivity index (χ3n) is 4.96. The van der Waals surface area contributed by atoms with E-state index in [1.807, 2.05) is 7.05 Å². The van der Waals surface area contributed by atoms with Crippen molar-refractivity contribution in [2.45, 2.75) is 82.3 Å². The van der Waals surface area contributed by atoms with Gasteiger partial charge < -0.3 is 11.1 Å². The summed E-state index contributed by atoms with van der Waals surface area (Å²) in [6, 6.07) is 1.02. The van der Waals surface area contributed by atoms with Crippen LogP contribution in [0.5, 0.6) is 0 Å². The van der Waals surface area contributed by atoms with Gasteiger partial charge in [0.2, 0.25) is 5.91 Å². The molecular weight excluding hydrogens is 250 g/mol. The number of nitrogens with two attached hydrogens (primary N) is 1. The van der Waals surface area contributed by atoms with E-state index in [0.29, 0.717) is 18.6 Å². The Bertz CT molecular complexity index is 300. The summed E-state index contributed by atoms with van der Waals surface area (Å²) in [5.74, 6) is 0.178.